The normalized spacial score (nSPS) is 10.4. The number of carbonyl (C=O) groups excluding carboxylic acids is 1. The van der Waals surface area contributed by atoms with E-state index in [2.05, 4.69) is 15.3 Å². The quantitative estimate of drug-likeness (QED) is 0.717. The molecule has 1 heterocycles. The van der Waals surface area contributed by atoms with Crippen molar-refractivity contribution in [3.8, 4) is 17.1 Å². The molecule has 0 spiro atoms. The summed E-state index contributed by atoms with van der Waals surface area (Å²) in [5, 5.41) is 3.26. The summed E-state index contributed by atoms with van der Waals surface area (Å²) in [7, 11) is 0. The highest BCUT2D eigenvalue weighted by atomic mass is 35.5. The van der Waals surface area contributed by atoms with Crippen molar-refractivity contribution in [2.45, 2.75) is 6.92 Å². The molecule has 26 heavy (non-hydrogen) atoms. The molecule has 2 N–H and O–H groups in total. The zero-order valence-electron chi connectivity index (χ0n) is 14.0. The van der Waals surface area contributed by atoms with E-state index in [1.165, 1.54) is 6.20 Å². The van der Waals surface area contributed by atoms with Crippen molar-refractivity contribution in [3.63, 3.8) is 0 Å². The van der Waals surface area contributed by atoms with Crippen LogP contribution in [0.3, 0.4) is 0 Å². The van der Waals surface area contributed by atoms with Crippen LogP contribution >= 0.6 is 11.6 Å². The number of para-hydroxylation sites is 2. The Morgan fingerprint density at radius 1 is 1.19 bits per heavy atom. The minimum absolute atomic E-state index is 0.0889. The second kappa shape index (κ2) is 7.84. The first-order valence-electron chi connectivity index (χ1n) is 7.97. The molecule has 132 valence electrons. The monoisotopic (exact) mass is 369 g/mol. The number of carbonyl (C=O) groups is 1. The van der Waals surface area contributed by atoms with Gasteiger partial charge in [0.1, 0.15) is 17.1 Å². The molecular formula is C19H16ClN3O3. The van der Waals surface area contributed by atoms with E-state index in [4.69, 9.17) is 16.3 Å². The van der Waals surface area contributed by atoms with Gasteiger partial charge in [-0.3, -0.25) is 9.59 Å². The average molecular weight is 370 g/mol. The van der Waals surface area contributed by atoms with Crippen molar-refractivity contribution in [2.75, 3.05) is 11.9 Å². The number of aromatic amines is 1. The predicted molar refractivity (Wildman–Crippen MR) is 101 cm³/mol. The molecular weight excluding hydrogens is 354 g/mol. The first kappa shape index (κ1) is 17.7. The zero-order valence-corrected chi connectivity index (χ0v) is 14.7. The zero-order chi connectivity index (χ0) is 18.5. The van der Waals surface area contributed by atoms with Crippen LogP contribution in [0.2, 0.25) is 5.02 Å². The Morgan fingerprint density at radius 3 is 2.62 bits per heavy atom. The first-order chi connectivity index (χ1) is 12.6. The Balaban J connectivity index is 1.85. The van der Waals surface area contributed by atoms with Gasteiger partial charge in [-0.1, -0.05) is 23.7 Å². The number of nitrogens with one attached hydrogen (secondary N) is 2. The first-order valence-corrected chi connectivity index (χ1v) is 8.34. The Bertz CT molecular complexity index is 984. The second-order valence-corrected chi connectivity index (χ2v) is 5.80. The minimum Gasteiger partial charge on any atom is -0.492 e. The molecule has 0 saturated carbocycles. The molecule has 0 radical (unpaired) electrons. The number of hydrogen-bond acceptors (Lipinski definition) is 4. The van der Waals surface area contributed by atoms with Crippen LogP contribution < -0.4 is 15.6 Å². The molecule has 0 saturated heterocycles. The van der Waals surface area contributed by atoms with Crippen molar-refractivity contribution >= 4 is 23.2 Å². The minimum atomic E-state index is -0.562. The summed E-state index contributed by atoms with van der Waals surface area (Å²) in [6.07, 6.45) is 1.25. The SMILES string of the molecule is CCOc1ccccc1NC(=O)c1cnc(-c2ccc(Cl)cc2)[nH]c1=O. The molecule has 3 rings (SSSR count). The highest BCUT2D eigenvalue weighted by Crippen LogP contribution is 2.24. The van der Waals surface area contributed by atoms with Crippen LogP contribution in [0.25, 0.3) is 11.4 Å². The van der Waals surface area contributed by atoms with E-state index in [-0.39, 0.29) is 5.56 Å². The number of halogens is 1. The van der Waals surface area contributed by atoms with Crippen LogP contribution in [-0.4, -0.2) is 22.5 Å². The third-order valence-corrected chi connectivity index (χ3v) is 3.85. The van der Waals surface area contributed by atoms with Crippen LogP contribution in [-0.2, 0) is 0 Å². The summed E-state index contributed by atoms with van der Waals surface area (Å²) in [6, 6.07) is 13.9. The van der Waals surface area contributed by atoms with Crippen LogP contribution in [0.4, 0.5) is 5.69 Å². The Kier molecular flexibility index (Phi) is 5.34. The molecule has 0 aliphatic carbocycles. The molecule has 7 heteroatoms. The molecule has 2 aromatic carbocycles. The van der Waals surface area contributed by atoms with Gasteiger partial charge in [-0.15, -0.1) is 0 Å². The summed E-state index contributed by atoms with van der Waals surface area (Å²) >= 11 is 5.85. The van der Waals surface area contributed by atoms with Gasteiger partial charge in [0.2, 0.25) is 0 Å². The highest BCUT2D eigenvalue weighted by Gasteiger charge is 2.14. The molecule has 0 unspecified atom stereocenters. The van der Waals surface area contributed by atoms with Gasteiger partial charge < -0.3 is 15.0 Å². The number of anilines is 1. The van der Waals surface area contributed by atoms with E-state index >= 15 is 0 Å². The lowest BCUT2D eigenvalue weighted by Gasteiger charge is -2.11. The lowest BCUT2D eigenvalue weighted by Crippen LogP contribution is -2.24. The number of amides is 1. The lowest BCUT2D eigenvalue weighted by atomic mass is 10.2. The largest absolute Gasteiger partial charge is 0.492 e. The summed E-state index contributed by atoms with van der Waals surface area (Å²) < 4.78 is 5.46. The van der Waals surface area contributed by atoms with Crippen molar-refractivity contribution in [1.82, 2.24) is 9.97 Å². The summed E-state index contributed by atoms with van der Waals surface area (Å²) in [5.74, 6) is 0.331. The number of aromatic nitrogens is 2. The number of hydrogen-bond donors (Lipinski definition) is 2. The molecule has 6 nitrogen and oxygen atoms in total. The Hall–Kier alpha value is -3.12. The fourth-order valence-electron chi connectivity index (χ4n) is 2.35. The second-order valence-electron chi connectivity index (χ2n) is 5.36. The average Bonchev–Trinajstić information content (AvgIpc) is 2.64. The molecule has 1 aromatic heterocycles. The number of benzene rings is 2. The van der Waals surface area contributed by atoms with Crippen LogP contribution in [0.15, 0.2) is 59.5 Å². The third kappa shape index (κ3) is 3.92. The van der Waals surface area contributed by atoms with E-state index in [9.17, 15) is 9.59 Å². The van der Waals surface area contributed by atoms with Gasteiger partial charge >= 0.3 is 0 Å². The van der Waals surface area contributed by atoms with Gasteiger partial charge in [-0.25, -0.2) is 4.98 Å². The van der Waals surface area contributed by atoms with E-state index < -0.39 is 11.5 Å². The molecule has 0 aliphatic rings. The van der Waals surface area contributed by atoms with Crippen molar-refractivity contribution in [1.29, 1.82) is 0 Å². The molecule has 0 atom stereocenters. The molecule has 1 amide bonds. The van der Waals surface area contributed by atoms with Gasteiger partial charge in [0.15, 0.2) is 0 Å². The fourth-order valence-corrected chi connectivity index (χ4v) is 2.48. The van der Waals surface area contributed by atoms with E-state index in [1.54, 1.807) is 48.5 Å². The summed E-state index contributed by atoms with van der Waals surface area (Å²) in [6.45, 7) is 2.31. The number of rotatable bonds is 5. The molecule has 3 aromatic rings. The molecule has 0 fully saturated rings. The van der Waals surface area contributed by atoms with E-state index in [0.717, 1.165) is 0 Å². The standard InChI is InChI=1S/C19H16ClN3O3/c1-2-26-16-6-4-3-5-15(16)22-18(24)14-11-21-17(23-19(14)25)12-7-9-13(20)10-8-12/h3-11H,2H2,1H3,(H,22,24)(H,21,23,25). The van der Waals surface area contributed by atoms with Gasteiger partial charge in [0, 0.05) is 16.8 Å². The third-order valence-electron chi connectivity index (χ3n) is 3.60. The number of nitrogens with zero attached hydrogens (tertiary/aromatic N) is 1. The van der Waals surface area contributed by atoms with E-state index in [0.29, 0.717) is 34.5 Å². The fraction of sp³-hybridized carbons (Fsp3) is 0.105. The maximum absolute atomic E-state index is 12.4. The van der Waals surface area contributed by atoms with Crippen LogP contribution in [0, 0.1) is 0 Å². The van der Waals surface area contributed by atoms with Crippen LogP contribution in [0.1, 0.15) is 17.3 Å². The van der Waals surface area contributed by atoms with Gasteiger partial charge in [-0.2, -0.15) is 0 Å². The van der Waals surface area contributed by atoms with Crippen molar-refractivity contribution in [2.24, 2.45) is 0 Å². The maximum atomic E-state index is 12.4. The van der Waals surface area contributed by atoms with E-state index in [1.807, 2.05) is 6.92 Å². The number of H-pyrrole nitrogens is 1. The van der Waals surface area contributed by atoms with Crippen LogP contribution in [0.5, 0.6) is 5.75 Å². The predicted octanol–water partition coefficient (Wildman–Crippen LogP) is 3.74. The molecule has 0 aliphatic heterocycles. The van der Waals surface area contributed by atoms with Gasteiger partial charge in [0.25, 0.3) is 11.5 Å². The Labute approximate surface area is 154 Å². The lowest BCUT2D eigenvalue weighted by molar-refractivity contribution is 0.102. The molecule has 0 bridgehead atoms. The van der Waals surface area contributed by atoms with Crippen molar-refractivity contribution < 1.29 is 9.53 Å². The van der Waals surface area contributed by atoms with Gasteiger partial charge in [0.05, 0.1) is 12.3 Å². The van der Waals surface area contributed by atoms with Crippen molar-refractivity contribution in [3.05, 3.63) is 75.7 Å². The maximum Gasteiger partial charge on any atom is 0.264 e. The topological polar surface area (TPSA) is 84.1 Å². The summed E-state index contributed by atoms with van der Waals surface area (Å²) in [4.78, 5) is 31.5. The Morgan fingerprint density at radius 2 is 1.92 bits per heavy atom. The van der Waals surface area contributed by atoms with Gasteiger partial charge in [-0.05, 0) is 43.3 Å². The highest BCUT2D eigenvalue weighted by molar-refractivity contribution is 6.30. The smallest absolute Gasteiger partial charge is 0.264 e. The number of ether oxygens (including phenoxy) is 1. The summed E-state index contributed by atoms with van der Waals surface area (Å²) in [5.41, 5.74) is 0.561.